The van der Waals surface area contributed by atoms with Gasteiger partial charge in [0.1, 0.15) is 5.82 Å². The second-order valence-electron chi connectivity index (χ2n) is 5.82. The van der Waals surface area contributed by atoms with E-state index in [9.17, 15) is 14.0 Å². The van der Waals surface area contributed by atoms with Crippen LogP contribution in [0.4, 0.5) is 15.8 Å². The lowest BCUT2D eigenvalue weighted by Crippen LogP contribution is -2.31. The summed E-state index contributed by atoms with van der Waals surface area (Å²) in [5.41, 5.74) is 3.46. The molecule has 0 spiro atoms. The van der Waals surface area contributed by atoms with E-state index in [4.69, 9.17) is 0 Å². The number of carbonyl (C=O) groups excluding carboxylic acids is 2. The van der Waals surface area contributed by atoms with Crippen LogP contribution >= 0.6 is 0 Å². The number of anilines is 2. The fourth-order valence-corrected chi connectivity index (χ4v) is 2.57. The van der Waals surface area contributed by atoms with Crippen LogP contribution in [0.1, 0.15) is 24.5 Å². The third-order valence-corrected chi connectivity index (χ3v) is 3.59. The van der Waals surface area contributed by atoms with Gasteiger partial charge in [-0.15, -0.1) is 0 Å². The molecule has 1 N–H and O–H groups in total. The quantitative estimate of drug-likeness (QED) is 0.907. The number of halogens is 1. The fourth-order valence-electron chi connectivity index (χ4n) is 2.57. The van der Waals surface area contributed by atoms with Gasteiger partial charge in [0.15, 0.2) is 0 Å². The molecule has 24 heavy (non-hydrogen) atoms. The van der Waals surface area contributed by atoms with Crippen LogP contribution in [0.15, 0.2) is 42.5 Å². The predicted molar refractivity (Wildman–Crippen MR) is 93.6 cm³/mol. The van der Waals surface area contributed by atoms with E-state index in [-0.39, 0.29) is 30.6 Å². The number of hydrogen-bond acceptors (Lipinski definition) is 2. The zero-order valence-corrected chi connectivity index (χ0v) is 14.1. The summed E-state index contributed by atoms with van der Waals surface area (Å²) in [6.45, 7) is 5.59. The first-order valence-electron chi connectivity index (χ1n) is 7.77. The van der Waals surface area contributed by atoms with E-state index in [2.05, 4.69) is 5.32 Å². The molecule has 126 valence electrons. The Hall–Kier alpha value is -2.69. The van der Waals surface area contributed by atoms with Gasteiger partial charge < -0.3 is 10.2 Å². The molecule has 0 fully saturated rings. The van der Waals surface area contributed by atoms with Crippen molar-refractivity contribution in [1.82, 2.24) is 0 Å². The van der Waals surface area contributed by atoms with Gasteiger partial charge in [0.2, 0.25) is 11.8 Å². The summed E-state index contributed by atoms with van der Waals surface area (Å²) in [6.07, 6.45) is 0.157. The van der Waals surface area contributed by atoms with Crippen LogP contribution in [-0.2, 0) is 9.59 Å². The van der Waals surface area contributed by atoms with E-state index < -0.39 is 0 Å². The van der Waals surface area contributed by atoms with Gasteiger partial charge in [-0.1, -0.05) is 6.07 Å². The molecular formula is C19H21FN2O2. The molecule has 0 saturated carbocycles. The molecule has 0 bridgehead atoms. The maximum atomic E-state index is 13.0. The molecule has 4 nitrogen and oxygen atoms in total. The average Bonchev–Trinajstić information content (AvgIpc) is 2.47. The van der Waals surface area contributed by atoms with Gasteiger partial charge in [-0.2, -0.15) is 0 Å². The molecule has 0 aliphatic carbocycles. The number of hydrogen-bond donors (Lipinski definition) is 1. The lowest BCUT2D eigenvalue weighted by atomic mass is 10.1. The summed E-state index contributed by atoms with van der Waals surface area (Å²) in [6, 6.07) is 11.5. The topological polar surface area (TPSA) is 49.4 Å². The van der Waals surface area contributed by atoms with Crippen LogP contribution in [0, 0.1) is 19.7 Å². The number of nitrogens with zero attached hydrogens (tertiary/aromatic N) is 1. The Bertz CT molecular complexity index is 721. The summed E-state index contributed by atoms with van der Waals surface area (Å²) in [5, 5.41) is 2.84. The lowest BCUT2D eigenvalue weighted by Gasteiger charge is -2.21. The number of nitrogens with one attached hydrogen (secondary N) is 1. The van der Waals surface area contributed by atoms with E-state index in [0.717, 1.165) is 16.8 Å². The fraction of sp³-hybridized carbons (Fsp3) is 0.263. The minimum absolute atomic E-state index is 0.157. The van der Waals surface area contributed by atoms with Crippen LogP contribution in [0.25, 0.3) is 0 Å². The van der Waals surface area contributed by atoms with Crippen LogP contribution < -0.4 is 10.2 Å². The minimum atomic E-state index is -0.366. The summed E-state index contributed by atoms with van der Waals surface area (Å²) in [5.74, 6) is -0.732. The first-order chi connectivity index (χ1) is 11.3. The third kappa shape index (κ3) is 4.91. The van der Waals surface area contributed by atoms with Crippen LogP contribution in [0.5, 0.6) is 0 Å². The monoisotopic (exact) mass is 328 g/mol. The Kier molecular flexibility index (Phi) is 5.68. The summed E-state index contributed by atoms with van der Waals surface area (Å²) in [4.78, 5) is 25.4. The number of rotatable bonds is 5. The van der Waals surface area contributed by atoms with Crippen molar-refractivity contribution in [2.75, 3.05) is 16.8 Å². The highest BCUT2D eigenvalue weighted by Gasteiger charge is 2.13. The largest absolute Gasteiger partial charge is 0.326 e. The maximum Gasteiger partial charge on any atom is 0.226 e. The Morgan fingerprint density at radius 3 is 2.17 bits per heavy atom. The molecule has 0 aromatic heterocycles. The molecule has 2 rings (SSSR count). The second-order valence-corrected chi connectivity index (χ2v) is 5.82. The zero-order chi connectivity index (χ0) is 17.7. The smallest absolute Gasteiger partial charge is 0.226 e. The van der Waals surface area contributed by atoms with E-state index in [0.29, 0.717) is 5.69 Å². The van der Waals surface area contributed by atoms with Crippen LogP contribution in [0.3, 0.4) is 0 Å². The second kappa shape index (κ2) is 7.73. The standard InChI is InChI=1S/C19H21FN2O2/c1-13-10-14(2)12-17(11-13)21-19(24)8-9-22(15(3)23)18-6-4-16(20)5-7-18/h4-7,10-12H,8-9H2,1-3H3,(H,21,24). The lowest BCUT2D eigenvalue weighted by molar-refractivity contribution is -0.117. The van der Waals surface area contributed by atoms with Crippen molar-refractivity contribution in [2.24, 2.45) is 0 Å². The molecule has 2 aromatic carbocycles. The van der Waals surface area contributed by atoms with Gasteiger partial charge in [0.05, 0.1) is 0 Å². The molecule has 2 aromatic rings. The number of benzene rings is 2. The minimum Gasteiger partial charge on any atom is -0.326 e. The van der Waals surface area contributed by atoms with Crippen molar-refractivity contribution < 1.29 is 14.0 Å². The Morgan fingerprint density at radius 2 is 1.62 bits per heavy atom. The highest BCUT2D eigenvalue weighted by molar-refractivity contribution is 5.94. The predicted octanol–water partition coefficient (Wildman–Crippen LogP) is 3.82. The maximum absolute atomic E-state index is 13.0. The summed E-state index contributed by atoms with van der Waals surface area (Å²) >= 11 is 0. The van der Waals surface area contributed by atoms with Gasteiger partial charge >= 0.3 is 0 Å². The normalized spacial score (nSPS) is 10.3. The first kappa shape index (κ1) is 17.7. The van der Waals surface area contributed by atoms with Crippen molar-refractivity contribution in [3.05, 3.63) is 59.4 Å². The number of carbonyl (C=O) groups is 2. The first-order valence-corrected chi connectivity index (χ1v) is 7.77. The van der Waals surface area contributed by atoms with Crippen LogP contribution in [-0.4, -0.2) is 18.4 Å². The highest BCUT2D eigenvalue weighted by Crippen LogP contribution is 2.17. The van der Waals surface area contributed by atoms with Crippen molar-refractivity contribution >= 4 is 23.2 Å². The van der Waals surface area contributed by atoms with E-state index in [1.165, 1.54) is 36.1 Å². The van der Waals surface area contributed by atoms with Gasteiger partial charge in [-0.3, -0.25) is 9.59 Å². The summed E-state index contributed by atoms with van der Waals surface area (Å²) < 4.78 is 13.0. The molecule has 0 unspecified atom stereocenters. The van der Waals surface area contributed by atoms with E-state index >= 15 is 0 Å². The van der Waals surface area contributed by atoms with Crippen molar-refractivity contribution in [2.45, 2.75) is 27.2 Å². The molecule has 2 amide bonds. The molecule has 0 atom stereocenters. The van der Waals surface area contributed by atoms with Crippen LogP contribution in [0.2, 0.25) is 0 Å². The molecule has 0 aliphatic rings. The van der Waals surface area contributed by atoms with Gasteiger partial charge in [0.25, 0.3) is 0 Å². The summed E-state index contributed by atoms with van der Waals surface area (Å²) in [7, 11) is 0. The van der Waals surface area contributed by atoms with Crippen molar-refractivity contribution in [3.63, 3.8) is 0 Å². The molecule has 0 radical (unpaired) electrons. The van der Waals surface area contributed by atoms with Gasteiger partial charge in [0, 0.05) is 31.3 Å². The van der Waals surface area contributed by atoms with Crippen molar-refractivity contribution in [1.29, 1.82) is 0 Å². The Labute approximate surface area is 141 Å². The van der Waals surface area contributed by atoms with Crippen molar-refractivity contribution in [3.8, 4) is 0 Å². The highest BCUT2D eigenvalue weighted by atomic mass is 19.1. The zero-order valence-electron chi connectivity index (χ0n) is 14.1. The molecule has 0 aliphatic heterocycles. The SMILES string of the molecule is CC(=O)N(CCC(=O)Nc1cc(C)cc(C)c1)c1ccc(F)cc1. The number of aryl methyl sites for hydroxylation is 2. The Morgan fingerprint density at radius 1 is 1.04 bits per heavy atom. The third-order valence-electron chi connectivity index (χ3n) is 3.59. The Balaban J connectivity index is 2.00. The van der Waals surface area contributed by atoms with E-state index in [1.807, 2.05) is 32.0 Å². The number of amides is 2. The molecule has 0 saturated heterocycles. The molecular weight excluding hydrogens is 307 g/mol. The molecule has 0 heterocycles. The van der Waals surface area contributed by atoms with E-state index in [1.54, 1.807) is 0 Å². The average molecular weight is 328 g/mol. The van der Waals surface area contributed by atoms with Gasteiger partial charge in [-0.25, -0.2) is 4.39 Å². The molecule has 5 heteroatoms. The van der Waals surface area contributed by atoms with Gasteiger partial charge in [-0.05, 0) is 61.4 Å².